The van der Waals surface area contributed by atoms with Gasteiger partial charge in [-0.05, 0) is 19.3 Å². The smallest absolute Gasteiger partial charge is 0.0614 e. The van der Waals surface area contributed by atoms with Gasteiger partial charge in [-0.15, -0.1) is 0 Å². The molecule has 2 fully saturated rings. The van der Waals surface area contributed by atoms with Crippen molar-refractivity contribution in [2.24, 2.45) is 0 Å². The Kier molecular flexibility index (Phi) is 4.42. The summed E-state index contributed by atoms with van der Waals surface area (Å²) in [7, 11) is 0. The summed E-state index contributed by atoms with van der Waals surface area (Å²) in [6.07, 6.45) is 3.35. The van der Waals surface area contributed by atoms with Crippen LogP contribution in [0.4, 0.5) is 0 Å². The van der Waals surface area contributed by atoms with E-state index in [1.807, 2.05) is 0 Å². The Morgan fingerprint density at radius 2 is 2.12 bits per heavy atom. The van der Waals surface area contributed by atoms with E-state index in [1.165, 1.54) is 6.42 Å². The summed E-state index contributed by atoms with van der Waals surface area (Å²) in [5.41, 5.74) is -0.0445. The van der Waals surface area contributed by atoms with Crippen molar-refractivity contribution in [2.45, 2.75) is 50.7 Å². The van der Waals surface area contributed by atoms with E-state index in [9.17, 15) is 5.11 Å². The normalized spacial score (nSPS) is 35.6. The fraction of sp³-hybridized carbons (Fsp3) is 1.00. The van der Waals surface area contributed by atoms with Crippen molar-refractivity contribution in [3.05, 3.63) is 0 Å². The van der Waals surface area contributed by atoms with Crippen molar-refractivity contribution in [1.29, 1.82) is 0 Å². The summed E-state index contributed by atoms with van der Waals surface area (Å²) in [6.45, 7) is 8.38. The fourth-order valence-corrected chi connectivity index (χ4v) is 3.29. The highest BCUT2D eigenvalue weighted by Gasteiger charge is 2.41. The van der Waals surface area contributed by atoms with Gasteiger partial charge in [0.2, 0.25) is 0 Å². The Hall–Kier alpha value is -0.160. The maximum absolute atomic E-state index is 9.68. The van der Waals surface area contributed by atoms with E-state index in [2.05, 4.69) is 24.1 Å². The number of nitrogens with one attached hydrogen (secondary N) is 1. The molecular formula is C13H26N2O2. The molecule has 4 heteroatoms. The van der Waals surface area contributed by atoms with E-state index in [-0.39, 0.29) is 12.1 Å². The lowest BCUT2D eigenvalue weighted by atomic mass is 9.97. The molecule has 1 saturated heterocycles. The van der Waals surface area contributed by atoms with Crippen LogP contribution in [0.25, 0.3) is 0 Å². The Balaban J connectivity index is 1.91. The third kappa shape index (κ3) is 3.19. The molecule has 0 bridgehead atoms. The molecule has 0 amide bonds. The molecule has 2 rings (SSSR count). The van der Waals surface area contributed by atoms with Gasteiger partial charge in [-0.2, -0.15) is 0 Å². The number of aliphatic hydroxyl groups is 1. The predicted molar refractivity (Wildman–Crippen MR) is 68.1 cm³/mol. The zero-order valence-corrected chi connectivity index (χ0v) is 11.1. The molecule has 1 aliphatic heterocycles. The average Bonchev–Trinajstić information content (AvgIpc) is 2.74. The highest BCUT2D eigenvalue weighted by Crippen LogP contribution is 2.33. The van der Waals surface area contributed by atoms with Crippen LogP contribution in [0.2, 0.25) is 0 Å². The lowest BCUT2D eigenvalue weighted by molar-refractivity contribution is 0.0149. The molecule has 0 spiro atoms. The Bertz CT molecular complexity index is 242. The average molecular weight is 242 g/mol. The molecule has 1 saturated carbocycles. The lowest BCUT2D eigenvalue weighted by Gasteiger charge is -2.35. The van der Waals surface area contributed by atoms with Gasteiger partial charge in [-0.25, -0.2) is 0 Å². The largest absolute Gasteiger partial charge is 0.394 e. The van der Waals surface area contributed by atoms with Crippen LogP contribution in [0.1, 0.15) is 33.1 Å². The van der Waals surface area contributed by atoms with E-state index in [0.717, 1.165) is 39.1 Å². The predicted octanol–water partition coefficient (Wildman–Crippen LogP) is 0.600. The van der Waals surface area contributed by atoms with E-state index >= 15 is 0 Å². The quantitative estimate of drug-likeness (QED) is 0.758. The van der Waals surface area contributed by atoms with E-state index < -0.39 is 0 Å². The molecule has 0 aromatic heterocycles. The first-order valence-corrected chi connectivity index (χ1v) is 6.85. The molecular weight excluding hydrogens is 216 g/mol. The maximum atomic E-state index is 9.68. The third-order valence-corrected chi connectivity index (χ3v) is 4.04. The maximum Gasteiger partial charge on any atom is 0.0614 e. The first kappa shape index (κ1) is 13.3. The van der Waals surface area contributed by atoms with Gasteiger partial charge >= 0.3 is 0 Å². The SMILES string of the molecule is CC(C)NC1(CO)CCC(N2CCOCC2)C1. The van der Waals surface area contributed by atoms with E-state index in [0.29, 0.717) is 12.1 Å². The van der Waals surface area contributed by atoms with Gasteiger partial charge < -0.3 is 15.2 Å². The summed E-state index contributed by atoms with van der Waals surface area (Å²) >= 11 is 0. The summed E-state index contributed by atoms with van der Waals surface area (Å²) in [4.78, 5) is 2.53. The van der Waals surface area contributed by atoms with Crippen LogP contribution in [0.3, 0.4) is 0 Å². The van der Waals surface area contributed by atoms with Gasteiger partial charge in [0, 0.05) is 30.7 Å². The minimum Gasteiger partial charge on any atom is -0.394 e. The Labute approximate surface area is 104 Å². The minimum absolute atomic E-state index is 0.0445. The van der Waals surface area contributed by atoms with Gasteiger partial charge in [-0.3, -0.25) is 4.90 Å². The molecule has 2 aliphatic rings. The fourth-order valence-electron chi connectivity index (χ4n) is 3.29. The second-order valence-electron chi connectivity index (χ2n) is 5.78. The molecule has 4 nitrogen and oxygen atoms in total. The first-order chi connectivity index (χ1) is 8.15. The minimum atomic E-state index is -0.0445. The van der Waals surface area contributed by atoms with Crippen LogP contribution < -0.4 is 5.32 Å². The van der Waals surface area contributed by atoms with Crippen LogP contribution >= 0.6 is 0 Å². The highest BCUT2D eigenvalue weighted by molar-refractivity contribution is 5.00. The molecule has 1 heterocycles. The van der Waals surface area contributed by atoms with Gasteiger partial charge in [0.25, 0.3) is 0 Å². The van der Waals surface area contributed by atoms with E-state index in [1.54, 1.807) is 0 Å². The van der Waals surface area contributed by atoms with Crippen molar-refractivity contribution >= 4 is 0 Å². The second-order valence-corrected chi connectivity index (χ2v) is 5.78. The molecule has 0 aromatic rings. The second kappa shape index (κ2) is 5.65. The Morgan fingerprint density at radius 3 is 2.71 bits per heavy atom. The summed E-state index contributed by atoms with van der Waals surface area (Å²) in [5, 5.41) is 13.2. The topological polar surface area (TPSA) is 44.7 Å². The molecule has 1 aliphatic carbocycles. The number of rotatable bonds is 4. The van der Waals surface area contributed by atoms with Gasteiger partial charge in [0.1, 0.15) is 0 Å². The van der Waals surface area contributed by atoms with Crippen molar-refractivity contribution in [3.8, 4) is 0 Å². The van der Waals surface area contributed by atoms with Crippen LogP contribution in [-0.4, -0.2) is 60.5 Å². The van der Waals surface area contributed by atoms with Crippen molar-refractivity contribution < 1.29 is 9.84 Å². The monoisotopic (exact) mass is 242 g/mol. The van der Waals surface area contributed by atoms with Crippen LogP contribution in [-0.2, 0) is 4.74 Å². The zero-order valence-electron chi connectivity index (χ0n) is 11.1. The van der Waals surface area contributed by atoms with Crippen molar-refractivity contribution in [2.75, 3.05) is 32.9 Å². The number of aliphatic hydroxyl groups excluding tert-OH is 1. The van der Waals surface area contributed by atoms with Crippen LogP contribution in [0.5, 0.6) is 0 Å². The summed E-state index contributed by atoms with van der Waals surface area (Å²) < 4.78 is 5.40. The first-order valence-electron chi connectivity index (χ1n) is 6.85. The number of hydrogen-bond acceptors (Lipinski definition) is 4. The molecule has 2 N–H and O–H groups in total. The molecule has 0 aromatic carbocycles. The molecule has 2 atom stereocenters. The van der Waals surface area contributed by atoms with E-state index in [4.69, 9.17) is 4.74 Å². The van der Waals surface area contributed by atoms with Crippen LogP contribution in [0.15, 0.2) is 0 Å². The number of nitrogens with zero attached hydrogens (tertiary/aromatic N) is 1. The number of morpholine rings is 1. The van der Waals surface area contributed by atoms with Crippen LogP contribution in [0, 0.1) is 0 Å². The lowest BCUT2D eigenvalue weighted by Crippen LogP contribution is -2.51. The molecule has 100 valence electrons. The van der Waals surface area contributed by atoms with Gasteiger partial charge in [-0.1, -0.05) is 13.8 Å². The zero-order chi connectivity index (χ0) is 12.3. The molecule has 17 heavy (non-hydrogen) atoms. The van der Waals surface area contributed by atoms with Gasteiger partial charge in [0.05, 0.1) is 19.8 Å². The van der Waals surface area contributed by atoms with Crippen molar-refractivity contribution in [3.63, 3.8) is 0 Å². The summed E-state index contributed by atoms with van der Waals surface area (Å²) in [6, 6.07) is 1.06. The molecule has 0 radical (unpaired) electrons. The Morgan fingerprint density at radius 1 is 1.41 bits per heavy atom. The highest BCUT2D eigenvalue weighted by atomic mass is 16.5. The standard InChI is InChI=1S/C13H26N2O2/c1-11(2)14-13(10-16)4-3-12(9-13)15-5-7-17-8-6-15/h11-12,14,16H,3-10H2,1-2H3. The summed E-state index contributed by atoms with van der Waals surface area (Å²) in [5.74, 6) is 0. The van der Waals surface area contributed by atoms with Crippen molar-refractivity contribution in [1.82, 2.24) is 10.2 Å². The third-order valence-electron chi connectivity index (χ3n) is 4.04. The number of hydrogen-bond donors (Lipinski definition) is 2. The molecule has 2 unspecified atom stereocenters. The number of ether oxygens (including phenoxy) is 1. The van der Waals surface area contributed by atoms with Gasteiger partial charge in [0.15, 0.2) is 0 Å².